The Morgan fingerprint density at radius 1 is 1.09 bits per heavy atom. The van der Waals surface area contributed by atoms with Crippen LogP contribution in [0.2, 0.25) is 10.0 Å². The van der Waals surface area contributed by atoms with E-state index in [1.54, 1.807) is 54.6 Å². The number of benzene rings is 3. The second-order valence-corrected chi connectivity index (χ2v) is 8.95. The van der Waals surface area contributed by atoms with Crippen LogP contribution in [0.4, 0.5) is 11.4 Å². The molecule has 0 radical (unpaired) electrons. The van der Waals surface area contributed by atoms with Gasteiger partial charge in [0.15, 0.2) is 23.3 Å². The minimum atomic E-state index is -0.332. The molecular formula is C25H19Cl2N3O4S. The number of carbonyl (C=O) groups excluding carboxylic acids is 2. The molecule has 4 rings (SSSR count). The van der Waals surface area contributed by atoms with E-state index in [-0.39, 0.29) is 18.4 Å². The van der Waals surface area contributed by atoms with Crippen LogP contribution in [0.5, 0.6) is 11.5 Å². The second-order valence-electron chi connectivity index (χ2n) is 7.14. The maximum Gasteiger partial charge on any atom is 0.264 e. The second kappa shape index (κ2) is 11.3. The Balaban J connectivity index is 1.54. The van der Waals surface area contributed by atoms with Crippen molar-refractivity contribution in [3.63, 3.8) is 0 Å². The van der Waals surface area contributed by atoms with E-state index in [1.807, 2.05) is 18.2 Å². The van der Waals surface area contributed by atoms with Crippen molar-refractivity contribution in [2.75, 3.05) is 19.0 Å². The highest BCUT2D eigenvalue weighted by atomic mass is 35.5. The Morgan fingerprint density at radius 2 is 1.86 bits per heavy atom. The lowest BCUT2D eigenvalue weighted by Crippen LogP contribution is -2.20. The van der Waals surface area contributed by atoms with E-state index >= 15 is 0 Å². The molecular weight excluding hydrogens is 509 g/mol. The van der Waals surface area contributed by atoms with Crippen molar-refractivity contribution < 1.29 is 19.1 Å². The van der Waals surface area contributed by atoms with Crippen molar-refractivity contribution in [1.82, 2.24) is 5.32 Å². The van der Waals surface area contributed by atoms with Gasteiger partial charge >= 0.3 is 0 Å². The molecule has 10 heteroatoms. The van der Waals surface area contributed by atoms with Gasteiger partial charge in [-0.25, -0.2) is 4.99 Å². The highest BCUT2D eigenvalue weighted by Gasteiger charge is 2.25. The number of para-hydroxylation sites is 2. The maximum atomic E-state index is 12.6. The van der Waals surface area contributed by atoms with Gasteiger partial charge in [-0.2, -0.15) is 0 Å². The number of methoxy groups -OCH3 is 1. The number of halogens is 2. The van der Waals surface area contributed by atoms with Gasteiger partial charge in [-0.15, -0.1) is 0 Å². The zero-order chi connectivity index (χ0) is 24.8. The molecule has 1 saturated heterocycles. The highest BCUT2D eigenvalue weighted by molar-refractivity contribution is 8.18. The van der Waals surface area contributed by atoms with Crippen molar-refractivity contribution in [3.8, 4) is 11.5 Å². The minimum absolute atomic E-state index is 0.245. The molecule has 1 aliphatic heterocycles. The molecule has 1 fully saturated rings. The van der Waals surface area contributed by atoms with Gasteiger partial charge in [0.2, 0.25) is 0 Å². The van der Waals surface area contributed by atoms with Crippen LogP contribution in [-0.2, 0) is 9.59 Å². The summed E-state index contributed by atoms with van der Waals surface area (Å²) in [6, 6.07) is 19.4. The van der Waals surface area contributed by atoms with Crippen LogP contribution in [0.15, 0.2) is 76.6 Å². The molecule has 0 aromatic heterocycles. The predicted molar refractivity (Wildman–Crippen MR) is 141 cm³/mol. The molecule has 1 aliphatic rings. The van der Waals surface area contributed by atoms with Gasteiger partial charge in [-0.1, -0.05) is 59.6 Å². The number of anilines is 1. The van der Waals surface area contributed by atoms with Crippen LogP contribution in [0, 0.1) is 0 Å². The lowest BCUT2D eigenvalue weighted by Gasteiger charge is -2.13. The summed E-state index contributed by atoms with van der Waals surface area (Å²) >= 11 is 13.4. The number of amides is 2. The maximum absolute atomic E-state index is 12.6. The number of hydrogen-bond acceptors (Lipinski definition) is 6. The van der Waals surface area contributed by atoms with Crippen molar-refractivity contribution >= 4 is 69.4 Å². The monoisotopic (exact) mass is 527 g/mol. The zero-order valence-electron chi connectivity index (χ0n) is 18.4. The summed E-state index contributed by atoms with van der Waals surface area (Å²) < 4.78 is 11.2. The summed E-state index contributed by atoms with van der Waals surface area (Å²) in [5.74, 6) is 0.0984. The minimum Gasteiger partial charge on any atom is -0.493 e. The first-order chi connectivity index (χ1) is 16.9. The molecule has 7 nitrogen and oxygen atoms in total. The van der Waals surface area contributed by atoms with Crippen LogP contribution < -0.4 is 20.1 Å². The third-order valence-corrected chi connectivity index (χ3v) is 6.44. The van der Waals surface area contributed by atoms with Gasteiger partial charge < -0.3 is 20.1 Å². The van der Waals surface area contributed by atoms with Gasteiger partial charge in [0, 0.05) is 11.3 Å². The first kappa shape index (κ1) is 24.7. The summed E-state index contributed by atoms with van der Waals surface area (Å²) in [7, 11) is 1.50. The Hall–Kier alpha value is -3.46. The number of nitrogens with one attached hydrogen (secondary N) is 2. The molecule has 3 aromatic rings. The fourth-order valence-electron chi connectivity index (χ4n) is 3.13. The van der Waals surface area contributed by atoms with Gasteiger partial charge in [-0.05, 0) is 48.2 Å². The van der Waals surface area contributed by atoms with Crippen LogP contribution in [0.25, 0.3) is 6.08 Å². The van der Waals surface area contributed by atoms with Crippen LogP contribution in [0.3, 0.4) is 0 Å². The van der Waals surface area contributed by atoms with Gasteiger partial charge in [0.05, 0.1) is 27.7 Å². The molecule has 0 saturated carbocycles. The summed E-state index contributed by atoms with van der Waals surface area (Å²) in [6.07, 6.45) is 1.65. The topological polar surface area (TPSA) is 89.0 Å². The van der Waals surface area contributed by atoms with Crippen molar-refractivity contribution in [3.05, 3.63) is 87.2 Å². The van der Waals surface area contributed by atoms with E-state index in [0.717, 1.165) is 11.8 Å². The van der Waals surface area contributed by atoms with E-state index in [2.05, 4.69) is 15.6 Å². The van der Waals surface area contributed by atoms with Crippen molar-refractivity contribution in [1.29, 1.82) is 0 Å². The number of rotatable bonds is 7. The van der Waals surface area contributed by atoms with Crippen LogP contribution in [0.1, 0.15) is 5.56 Å². The largest absolute Gasteiger partial charge is 0.493 e. The molecule has 2 amide bonds. The molecule has 0 atom stereocenters. The van der Waals surface area contributed by atoms with Crippen molar-refractivity contribution in [2.24, 2.45) is 4.99 Å². The van der Waals surface area contributed by atoms with Gasteiger partial charge in [0.25, 0.3) is 11.8 Å². The number of ether oxygens (including phenoxy) is 2. The fourth-order valence-corrected chi connectivity index (χ4v) is 4.29. The number of aliphatic imine (C=N–C) groups is 1. The van der Waals surface area contributed by atoms with Crippen LogP contribution in [-0.4, -0.2) is 30.7 Å². The van der Waals surface area contributed by atoms with Crippen LogP contribution >= 0.6 is 35.0 Å². The third kappa shape index (κ3) is 6.16. The summed E-state index contributed by atoms with van der Waals surface area (Å²) in [6.45, 7) is -0.245. The highest BCUT2D eigenvalue weighted by Crippen LogP contribution is 2.37. The average Bonchev–Trinajstić information content (AvgIpc) is 3.20. The number of hydrogen-bond donors (Lipinski definition) is 2. The molecule has 0 aliphatic carbocycles. The molecule has 3 aromatic carbocycles. The van der Waals surface area contributed by atoms with E-state index < -0.39 is 0 Å². The van der Waals surface area contributed by atoms with Crippen molar-refractivity contribution in [2.45, 2.75) is 0 Å². The quantitative estimate of drug-likeness (QED) is 0.372. The Labute approximate surface area is 216 Å². The summed E-state index contributed by atoms with van der Waals surface area (Å²) in [5, 5.41) is 6.50. The predicted octanol–water partition coefficient (Wildman–Crippen LogP) is 5.91. The number of thioether (sulfide) groups is 1. The van der Waals surface area contributed by atoms with E-state index in [9.17, 15) is 9.59 Å². The molecule has 35 heavy (non-hydrogen) atoms. The Morgan fingerprint density at radius 3 is 2.63 bits per heavy atom. The van der Waals surface area contributed by atoms with E-state index in [1.165, 1.54) is 7.11 Å². The smallest absolute Gasteiger partial charge is 0.264 e. The SMILES string of the molecule is COc1cccc(C=C2SC(=Nc3cccc(Cl)c3Cl)NC2=O)c1OCC(=O)Nc1ccccc1. The van der Waals surface area contributed by atoms with Gasteiger partial charge in [-0.3, -0.25) is 9.59 Å². The molecule has 178 valence electrons. The van der Waals surface area contributed by atoms with E-state index in [0.29, 0.717) is 48.6 Å². The molecule has 0 bridgehead atoms. The molecule has 0 spiro atoms. The molecule has 2 N–H and O–H groups in total. The fraction of sp³-hybridized carbons (Fsp3) is 0.0800. The summed E-state index contributed by atoms with van der Waals surface area (Å²) in [5.41, 5.74) is 1.67. The first-order valence-corrected chi connectivity index (χ1v) is 11.9. The standard InChI is InChI=1S/C25H19Cl2N3O4S/c1-33-19-12-5-7-15(23(19)34-14-21(31)28-16-8-3-2-4-9-16)13-20-24(32)30-25(35-20)29-18-11-6-10-17(26)22(18)27/h2-13H,14H2,1H3,(H,28,31)(H,29,30,32). The third-order valence-electron chi connectivity index (χ3n) is 4.73. The number of amidine groups is 1. The summed E-state index contributed by atoms with van der Waals surface area (Å²) in [4.78, 5) is 29.7. The first-order valence-electron chi connectivity index (χ1n) is 10.3. The zero-order valence-corrected chi connectivity index (χ0v) is 20.7. The molecule has 0 unspecified atom stereocenters. The Bertz CT molecular complexity index is 1330. The van der Waals surface area contributed by atoms with E-state index in [4.69, 9.17) is 32.7 Å². The van der Waals surface area contributed by atoms with Gasteiger partial charge in [0.1, 0.15) is 0 Å². The normalized spacial score (nSPS) is 15.2. The number of nitrogens with zero attached hydrogens (tertiary/aromatic N) is 1. The Kier molecular flexibility index (Phi) is 7.97. The lowest BCUT2D eigenvalue weighted by atomic mass is 10.1. The molecule has 1 heterocycles. The average molecular weight is 528 g/mol. The number of carbonyl (C=O) groups is 2. The lowest BCUT2D eigenvalue weighted by molar-refractivity contribution is -0.118.